The SMILES string of the molecule is C=CCNC(=O)c1ccccc1NC(=O)CN(c1ccccc1)S(=O)(=O)c1ccc(OC)cc1. The molecule has 0 fully saturated rings. The van der Waals surface area contributed by atoms with Crippen LogP contribution in [0.5, 0.6) is 5.75 Å². The first-order chi connectivity index (χ1) is 16.4. The van der Waals surface area contributed by atoms with Crippen LogP contribution in [0, 0.1) is 0 Å². The molecule has 3 aromatic carbocycles. The van der Waals surface area contributed by atoms with E-state index in [0.29, 0.717) is 11.4 Å². The number of hydrogen-bond donors (Lipinski definition) is 2. The molecular weight excluding hydrogens is 454 g/mol. The van der Waals surface area contributed by atoms with E-state index in [1.165, 1.54) is 31.4 Å². The number of carbonyl (C=O) groups is 2. The predicted molar refractivity (Wildman–Crippen MR) is 132 cm³/mol. The Labute approximate surface area is 198 Å². The number of rotatable bonds is 10. The van der Waals surface area contributed by atoms with Crippen LogP contribution in [0.25, 0.3) is 0 Å². The highest BCUT2D eigenvalue weighted by atomic mass is 32.2. The molecule has 0 unspecified atom stereocenters. The van der Waals surface area contributed by atoms with Gasteiger partial charge in [0, 0.05) is 6.54 Å². The summed E-state index contributed by atoms with van der Waals surface area (Å²) in [5, 5.41) is 5.32. The normalized spacial score (nSPS) is 10.7. The second-order valence-corrected chi connectivity index (χ2v) is 8.98. The fourth-order valence-electron chi connectivity index (χ4n) is 3.15. The Morgan fingerprint density at radius 2 is 1.62 bits per heavy atom. The number of nitrogens with one attached hydrogen (secondary N) is 2. The van der Waals surface area contributed by atoms with E-state index in [4.69, 9.17) is 4.74 Å². The molecule has 0 bridgehead atoms. The van der Waals surface area contributed by atoms with Crippen molar-refractivity contribution in [2.24, 2.45) is 0 Å². The first-order valence-corrected chi connectivity index (χ1v) is 11.8. The van der Waals surface area contributed by atoms with E-state index in [1.54, 1.807) is 60.7 Å². The number of nitrogens with zero attached hydrogens (tertiary/aromatic N) is 1. The average molecular weight is 480 g/mol. The third-order valence-corrected chi connectivity index (χ3v) is 6.62. The molecule has 0 aromatic heterocycles. The molecule has 0 heterocycles. The monoisotopic (exact) mass is 479 g/mol. The molecule has 34 heavy (non-hydrogen) atoms. The number of methoxy groups -OCH3 is 1. The van der Waals surface area contributed by atoms with Crippen LogP contribution >= 0.6 is 0 Å². The molecule has 0 saturated heterocycles. The van der Waals surface area contributed by atoms with Crippen molar-refractivity contribution in [2.45, 2.75) is 4.90 Å². The maximum atomic E-state index is 13.4. The van der Waals surface area contributed by atoms with Crippen LogP contribution in [0.4, 0.5) is 11.4 Å². The third-order valence-electron chi connectivity index (χ3n) is 4.83. The zero-order valence-corrected chi connectivity index (χ0v) is 19.4. The van der Waals surface area contributed by atoms with Crippen LogP contribution in [-0.2, 0) is 14.8 Å². The number of amides is 2. The van der Waals surface area contributed by atoms with Gasteiger partial charge in [0.15, 0.2) is 0 Å². The largest absolute Gasteiger partial charge is 0.497 e. The van der Waals surface area contributed by atoms with Gasteiger partial charge in [-0.3, -0.25) is 13.9 Å². The number of hydrogen-bond acceptors (Lipinski definition) is 5. The van der Waals surface area contributed by atoms with Crippen LogP contribution in [0.1, 0.15) is 10.4 Å². The van der Waals surface area contributed by atoms with Crippen molar-refractivity contribution in [3.05, 3.63) is 97.1 Å². The minimum atomic E-state index is -4.08. The molecule has 0 atom stereocenters. The van der Waals surface area contributed by atoms with E-state index in [1.807, 2.05) is 0 Å². The number of anilines is 2. The molecule has 0 aliphatic rings. The molecular formula is C25H25N3O5S. The van der Waals surface area contributed by atoms with E-state index in [9.17, 15) is 18.0 Å². The van der Waals surface area contributed by atoms with Gasteiger partial charge < -0.3 is 15.4 Å². The molecule has 176 valence electrons. The molecule has 3 rings (SSSR count). The highest BCUT2D eigenvalue weighted by Crippen LogP contribution is 2.25. The summed E-state index contributed by atoms with van der Waals surface area (Å²) in [6.45, 7) is 3.33. The van der Waals surface area contributed by atoms with Crippen molar-refractivity contribution in [1.82, 2.24) is 5.32 Å². The summed E-state index contributed by atoms with van der Waals surface area (Å²) in [6, 6.07) is 20.7. The number of para-hydroxylation sites is 2. The van der Waals surface area contributed by atoms with Gasteiger partial charge in [0.1, 0.15) is 12.3 Å². The number of ether oxygens (including phenoxy) is 1. The fraction of sp³-hybridized carbons (Fsp3) is 0.120. The number of carbonyl (C=O) groups excluding carboxylic acids is 2. The Bertz CT molecular complexity index is 1260. The molecule has 8 nitrogen and oxygen atoms in total. The first-order valence-electron chi connectivity index (χ1n) is 10.4. The van der Waals surface area contributed by atoms with Crippen molar-refractivity contribution in [2.75, 3.05) is 29.8 Å². The summed E-state index contributed by atoms with van der Waals surface area (Å²) in [7, 11) is -2.59. The second-order valence-electron chi connectivity index (χ2n) is 7.12. The maximum absolute atomic E-state index is 13.4. The van der Waals surface area contributed by atoms with Gasteiger partial charge in [-0.1, -0.05) is 36.4 Å². The van der Waals surface area contributed by atoms with Gasteiger partial charge in [-0.05, 0) is 48.5 Å². The summed E-state index contributed by atoms with van der Waals surface area (Å²) in [4.78, 5) is 25.4. The zero-order valence-electron chi connectivity index (χ0n) is 18.6. The molecule has 0 spiro atoms. The molecule has 9 heteroatoms. The van der Waals surface area contributed by atoms with Crippen LogP contribution in [0.15, 0.2) is 96.4 Å². The van der Waals surface area contributed by atoms with Crippen LogP contribution in [-0.4, -0.2) is 40.4 Å². The van der Waals surface area contributed by atoms with Crippen molar-refractivity contribution < 1.29 is 22.7 Å². The van der Waals surface area contributed by atoms with E-state index in [-0.39, 0.29) is 28.6 Å². The Balaban J connectivity index is 1.89. The quantitative estimate of drug-likeness (QED) is 0.434. The van der Waals surface area contributed by atoms with Gasteiger partial charge >= 0.3 is 0 Å². The molecule has 0 radical (unpaired) electrons. The summed E-state index contributed by atoms with van der Waals surface area (Å²) >= 11 is 0. The summed E-state index contributed by atoms with van der Waals surface area (Å²) in [5.41, 5.74) is 0.844. The highest BCUT2D eigenvalue weighted by molar-refractivity contribution is 7.92. The number of sulfonamides is 1. The molecule has 2 N–H and O–H groups in total. The summed E-state index contributed by atoms with van der Waals surface area (Å²) in [5.74, 6) is -0.485. The van der Waals surface area contributed by atoms with Crippen molar-refractivity contribution in [3.8, 4) is 5.75 Å². The van der Waals surface area contributed by atoms with Crippen LogP contribution < -0.4 is 19.7 Å². The van der Waals surface area contributed by atoms with Gasteiger partial charge in [0.25, 0.3) is 15.9 Å². The summed E-state index contributed by atoms with van der Waals surface area (Å²) in [6.07, 6.45) is 1.54. The second kappa shape index (κ2) is 11.2. The minimum Gasteiger partial charge on any atom is -0.497 e. The smallest absolute Gasteiger partial charge is 0.264 e. The third kappa shape index (κ3) is 5.81. The van der Waals surface area contributed by atoms with Crippen LogP contribution in [0.2, 0.25) is 0 Å². The van der Waals surface area contributed by atoms with Crippen molar-refractivity contribution >= 4 is 33.2 Å². The molecule has 0 saturated carbocycles. The molecule has 0 aliphatic carbocycles. The maximum Gasteiger partial charge on any atom is 0.264 e. The predicted octanol–water partition coefficient (Wildman–Crippen LogP) is 3.45. The topological polar surface area (TPSA) is 105 Å². The van der Waals surface area contributed by atoms with Gasteiger partial charge in [-0.2, -0.15) is 0 Å². The highest BCUT2D eigenvalue weighted by Gasteiger charge is 2.27. The van der Waals surface area contributed by atoms with Crippen molar-refractivity contribution in [3.63, 3.8) is 0 Å². The Morgan fingerprint density at radius 3 is 2.26 bits per heavy atom. The Kier molecular flexibility index (Phi) is 8.05. The standard InChI is InChI=1S/C25H25N3O5S/c1-3-17-26-25(30)22-11-7-8-12-23(22)27-24(29)18-28(19-9-5-4-6-10-19)34(31,32)21-15-13-20(33-2)14-16-21/h3-16H,1,17-18H2,2H3,(H,26,30)(H,27,29). The zero-order chi connectivity index (χ0) is 24.6. The molecule has 3 aromatic rings. The lowest BCUT2D eigenvalue weighted by Gasteiger charge is -2.24. The van der Waals surface area contributed by atoms with Gasteiger partial charge in [-0.15, -0.1) is 6.58 Å². The van der Waals surface area contributed by atoms with Gasteiger partial charge in [0.05, 0.1) is 28.9 Å². The first kappa shape index (κ1) is 24.5. The van der Waals surface area contributed by atoms with Crippen LogP contribution in [0.3, 0.4) is 0 Å². The number of benzene rings is 3. The average Bonchev–Trinajstić information content (AvgIpc) is 2.86. The molecule has 0 aliphatic heterocycles. The fourth-order valence-corrected chi connectivity index (χ4v) is 4.58. The van der Waals surface area contributed by atoms with Gasteiger partial charge in [-0.25, -0.2) is 8.42 Å². The lowest BCUT2D eigenvalue weighted by atomic mass is 10.1. The summed E-state index contributed by atoms with van der Waals surface area (Å²) < 4.78 is 33.0. The Morgan fingerprint density at radius 1 is 0.971 bits per heavy atom. The lowest BCUT2D eigenvalue weighted by molar-refractivity contribution is -0.114. The minimum absolute atomic E-state index is 0.00848. The van der Waals surface area contributed by atoms with E-state index < -0.39 is 22.5 Å². The molecule has 2 amide bonds. The van der Waals surface area contributed by atoms with Crippen molar-refractivity contribution in [1.29, 1.82) is 0 Å². The van der Waals surface area contributed by atoms with E-state index in [0.717, 1.165) is 4.31 Å². The lowest BCUT2D eigenvalue weighted by Crippen LogP contribution is -2.38. The van der Waals surface area contributed by atoms with E-state index >= 15 is 0 Å². The van der Waals surface area contributed by atoms with Gasteiger partial charge in [0.2, 0.25) is 5.91 Å². The van der Waals surface area contributed by atoms with E-state index in [2.05, 4.69) is 17.2 Å². The Hall–Kier alpha value is -4.11.